The molecule has 2 aromatic carbocycles. The van der Waals surface area contributed by atoms with Crippen LogP contribution in [0, 0.1) is 0 Å². The molecule has 28 heavy (non-hydrogen) atoms. The van der Waals surface area contributed by atoms with Gasteiger partial charge in [-0.1, -0.05) is 39.0 Å². The molecule has 6 heteroatoms. The molecule has 0 saturated heterocycles. The van der Waals surface area contributed by atoms with Crippen molar-refractivity contribution >= 4 is 11.9 Å². The van der Waals surface area contributed by atoms with Crippen molar-refractivity contribution in [3.05, 3.63) is 59.2 Å². The van der Waals surface area contributed by atoms with Crippen LogP contribution in [0.15, 0.2) is 42.5 Å². The Hall–Kier alpha value is -3.02. The largest absolute Gasteiger partial charge is 0.493 e. The molecule has 0 saturated carbocycles. The van der Waals surface area contributed by atoms with Crippen LogP contribution in [0.25, 0.3) is 0 Å². The third-order valence-electron chi connectivity index (χ3n) is 4.51. The topological polar surface area (TPSA) is 84.9 Å². The predicted molar refractivity (Wildman–Crippen MR) is 107 cm³/mol. The van der Waals surface area contributed by atoms with Gasteiger partial charge >= 0.3 is 5.97 Å². The molecular formula is C22H27NO5. The van der Waals surface area contributed by atoms with E-state index in [4.69, 9.17) is 9.47 Å². The number of amides is 1. The first-order valence-electron chi connectivity index (χ1n) is 9.01. The fraction of sp³-hybridized carbons (Fsp3) is 0.364. The van der Waals surface area contributed by atoms with Crippen molar-refractivity contribution in [3.8, 4) is 11.5 Å². The van der Waals surface area contributed by atoms with Gasteiger partial charge in [0.1, 0.15) is 0 Å². The monoisotopic (exact) mass is 385 g/mol. The molecule has 0 aliphatic heterocycles. The highest BCUT2D eigenvalue weighted by atomic mass is 16.5. The minimum atomic E-state index is -1.01. The number of nitrogens with one attached hydrogen (secondary N) is 1. The molecule has 0 aliphatic rings. The molecule has 6 nitrogen and oxygen atoms in total. The van der Waals surface area contributed by atoms with Crippen molar-refractivity contribution in [1.82, 2.24) is 5.32 Å². The van der Waals surface area contributed by atoms with Gasteiger partial charge in [0.2, 0.25) is 0 Å². The molecule has 1 amide bonds. The lowest BCUT2D eigenvalue weighted by Gasteiger charge is -2.21. The van der Waals surface area contributed by atoms with Crippen molar-refractivity contribution < 1.29 is 24.2 Å². The molecule has 2 rings (SSSR count). The van der Waals surface area contributed by atoms with Gasteiger partial charge in [0.05, 0.1) is 26.7 Å². The van der Waals surface area contributed by atoms with Gasteiger partial charge < -0.3 is 19.9 Å². The first-order valence-corrected chi connectivity index (χ1v) is 9.01. The number of hydrogen-bond acceptors (Lipinski definition) is 4. The van der Waals surface area contributed by atoms with Gasteiger partial charge in [-0.25, -0.2) is 0 Å². The van der Waals surface area contributed by atoms with E-state index in [1.807, 2.05) is 12.1 Å². The molecule has 2 aromatic rings. The summed E-state index contributed by atoms with van der Waals surface area (Å²) in [5, 5.41) is 12.1. The van der Waals surface area contributed by atoms with Gasteiger partial charge in [0.25, 0.3) is 5.91 Å². The molecule has 2 N–H and O–H groups in total. The summed E-state index contributed by atoms with van der Waals surface area (Å²) in [4.78, 5) is 24.0. The summed E-state index contributed by atoms with van der Waals surface area (Å²) in [5.74, 6) is -0.340. The van der Waals surface area contributed by atoms with Crippen LogP contribution in [0.2, 0.25) is 0 Å². The first-order chi connectivity index (χ1) is 13.2. The third-order valence-corrected chi connectivity index (χ3v) is 4.51. The Balaban J connectivity index is 2.27. The number of benzene rings is 2. The van der Waals surface area contributed by atoms with Crippen LogP contribution < -0.4 is 14.8 Å². The average molecular weight is 385 g/mol. The highest BCUT2D eigenvalue weighted by molar-refractivity contribution is 5.94. The van der Waals surface area contributed by atoms with E-state index in [1.54, 1.807) is 30.3 Å². The molecule has 0 bridgehead atoms. The zero-order valence-corrected chi connectivity index (χ0v) is 16.9. The van der Waals surface area contributed by atoms with Gasteiger partial charge in [0.15, 0.2) is 11.5 Å². The van der Waals surface area contributed by atoms with Crippen molar-refractivity contribution in [3.63, 3.8) is 0 Å². The standard InChI is InChI=1S/C22H27NO5/c1-22(2,3)16-9-6-14(7-10-16)21(26)23-17(13-20(24)25)15-8-11-18(27-4)19(12-15)28-5/h6-12,17H,13H2,1-5H3,(H,23,26)(H,24,25)/t17-/m0/s1. The van der Waals surface area contributed by atoms with Crippen LogP contribution in [0.3, 0.4) is 0 Å². The van der Waals surface area contributed by atoms with E-state index >= 15 is 0 Å². The van der Waals surface area contributed by atoms with Crippen molar-refractivity contribution in [2.24, 2.45) is 0 Å². The smallest absolute Gasteiger partial charge is 0.305 e. The molecule has 0 aromatic heterocycles. The fourth-order valence-corrected chi connectivity index (χ4v) is 2.86. The van der Waals surface area contributed by atoms with E-state index in [0.29, 0.717) is 22.6 Å². The zero-order valence-electron chi connectivity index (χ0n) is 16.9. The maximum atomic E-state index is 12.7. The highest BCUT2D eigenvalue weighted by Crippen LogP contribution is 2.31. The second-order valence-electron chi connectivity index (χ2n) is 7.57. The quantitative estimate of drug-likeness (QED) is 0.754. The zero-order chi connectivity index (χ0) is 20.9. The summed E-state index contributed by atoms with van der Waals surface area (Å²) in [6, 6.07) is 11.7. The number of carbonyl (C=O) groups excluding carboxylic acids is 1. The van der Waals surface area contributed by atoms with Gasteiger partial charge in [-0.2, -0.15) is 0 Å². The Bertz CT molecular complexity index is 837. The number of carboxylic acids is 1. The minimum absolute atomic E-state index is 0.0134. The van der Waals surface area contributed by atoms with Gasteiger partial charge in [0, 0.05) is 5.56 Å². The molecule has 0 heterocycles. The number of carboxylic acid groups (broad SMARTS) is 1. The van der Waals surface area contributed by atoms with Crippen LogP contribution in [0.5, 0.6) is 11.5 Å². The number of aliphatic carboxylic acids is 1. The van der Waals surface area contributed by atoms with E-state index in [2.05, 4.69) is 26.1 Å². The summed E-state index contributed by atoms with van der Waals surface area (Å²) >= 11 is 0. The maximum absolute atomic E-state index is 12.7. The normalized spacial score (nSPS) is 12.2. The first kappa shape index (κ1) is 21.3. The lowest BCUT2D eigenvalue weighted by molar-refractivity contribution is -0.137. The highest BCUT2D eigenvalue weighted by Gasteiger charge is 2.21. The average Bonchev–Trinajstić information content (AvgIpc) is 2.65. The van der Waals surface area contributed by atoms with Gasteiger partial charge in [-0.15, -0.1) is 0 Å². The van der Waals surface area contributed by atoms with Gasteiger partial charge in [-0.3, -0.25) is 9.59 Å². The summed E-state index contributed by atoms with van der Waals surface area (Å²) in [7, 11) is 3.03. The molecular weight excluding hydrogens is 358 g/mol. The van der Waals surface area contributed by atoms with Crippen molar-refractivity contribution in [2.45, 2.75) is 38.6 Å². The minimum Gasteiger partial charge on any atom is -0.493 e. The van der Waals surface area contributed by atoms with Gasteiger partial charge in [-0.05, 0) is 40.8 Å². The van der Waals surface area contributed by atoms with E-state index in [9.17, 15) is 14.7 Å². The van der Waals surface area contributed by atoms with Crippen LogP contribution in [0.1, 0.15) is 54.7 Å². The van der Waals surface area contributed by atoms with E-state index in [1.165, 1.54) is 14.2 Å². The Labute approximate surface area is 165 Å². The SMILES string of the molecule is COc1ccc([C@H](CC(=O)O)NC(=O)c2ccc(C(C)(C)C)cc2)cc1OC. The van der Waals surface area contributed by atoms with E-state index < -0.39 is 12.0 Å². The van der Waals surface area contributed by atoms with Crippen molar-refractivity contribution in [1.29, 1.82) is 0 Å². The number of rotatable bonds is 7. The summed E-state index contributed by atoms with van der Waals surface area (Å²) in [6.45, 7) is 6.30. The van der Waals surface area contributed by atoms with E-state index in [0.717, 1.165) is 5.56 Å². The Morgan fingerprint density at radius 1 is 1.00 bits per heavy atom. The Kier molecular flexibility index (Phi) is 6.67. The van der Waals surface area contributed by atoms with Crippen LogP contribution >= 0.6 is 0 Å². The molecule has 0 spiro atoms. The predicted octanol–water partition coefficient (Wildman–Crippen LogP) is 3.95. The second kappa shape index (κ2) is 8.78. The van der Waals surface area contributed by atoms with Crippen LogP contribution in [-0.4, -0.2) is 31.2 Å². The Morgan fingerprint density at radius 2 is 1.61 bits per heavy atom. The second-order valence-corrected chi connectivity index (χ2v) is 7.57. The lowest BCUT2D eigenvalue weighted by atomic mass is 9.86. The molecule has 150 valence electrons. The van der Waals surface area contributed by atoms with Crippen molar-refractivity contribution in [2.75, 3.05) is 14.2 Å². The molecule has 0 unspecified atom stereocenters. The van der Waals surface area contributed by atoms with Crippen LogP contribution in [0.4, 0.5) is 0 Å². The maximum Gasteiger partial charge on any atom is 0.305 e. The lowest BCUT2D eigenvalue weighted by Crippen LogP contribution is -2.30. The number of ether oxygens (including phenoxy) is 2. The number of methoxy groups -OCH3 is 2. The third kappa shape index (κ3) is 5.25. The number of carbonyl (C=O) groups is 2. The summed E-state index contributed by atoms with van der Waals surface area (Å²) < 4.78 is 10.5. The molecule has 0 radical (unpaired) electrons. The molecule has 0 fully saturated rings. The summed E-state index contributed by atoms with van der Waals surface area (Å²) in [5.41, 5.74) is 2.20. The summed E-state index contributed by atoms with van der Waals surface area (Å²) in [6.07, 6.45) is -0.249. The fourth-order valence-electron chi connectivity index (χ4n) is 2.86. The molecule has 1 atom stereocenters. The van der Waals surface area contributed by atoms with Crippen LogP contribution in [-0.2, 0) is 10.2 Å². The number of hydrogen-bond donors (Lipinski definition) is 2. The van der Waals surface area contributed by atoms with E-state index in [-0.39, 0.29) is 17.7 Å². The molecule has 0 aliphatic carbocycles. The Morgan fingerprint density at radius 3 is 2.11 bits per heavy atom.